The number of anilines is 1. The molecular weight excluding hydrogens is 250 g/mol. The van der Waals surface area contributed by atoms with Crippen molar-refractivity contribution in [2.75, 3.05) is 18.8 Å². The van der Waals surface area contributed by atoms with Crippen LogP contribution in [0.4, 0.5) is 10.5 Å². The first-order valence-corrected chi connectivity index (χ1v) is 7.63. The van der Waals surface area contributed by atoms with Crippen LogP contribution < -0.4 is 11.1 Å². The lowest BCUT2D eigenvalue weighted by Crippen LogP contribution is -2.45. The summed E-state index contributed by atoms with van der Waals surface area (Å²) in [7, 11) is 0. The Morgan fingerprint density at radius 2 is 1.85 bits per heavy atom. The molecule has 1 aromatic rings. The van der Waals surface area contributed by atoms with Crippen molar-refractivity contribution in [2.24, 2.45) is 0 Å². The number of nitrogen functional groups attached to an aromatic ring is 1. The number of urea groups is 1. The van der Waals surface area contributed by atoms with Gasteiger partial charge in [-0.1, -0.05) is 25.0 Å². The van der Waals surface area contributed by atoms with Crippen molar-refractivity contribution in [1.82, 2.24) is 10.2 Å². The second-order valence-electron chi connectivity index (χ2n) is 6.04. The highest BCUT2D eigenvalue weighted by Gasteiger charge is 2.46. The Bertz CT molecular complexity index is 488. The number of nitrogens with two attached hydrogens (primary N) is 1. The Kier molecular flexibility index (Phi) is 3.55. The highest BCUT2D eigenvalue weighted by molar-refractivity contribution is 5.76. The van der Waals surface area contributed by atoms with Crippen LogP contribution in [0.3, 0.4) is 0 Å². The molecule has 1 aliphatic carbocycles. The van der Waals surface area contributed by atoms with E-state index in [4.69, 9.17) is 5.73 Å². The molecule has 1 aromatic carbocycles. The third-order valence-corrected chi connectivity index (χ3v) is 4.43. The van der Waals surface area contributed by atoms with Crippen LogP contribution in [0.25, 0.3) is 0 Å². The summed E-state index contributed by atoms with van der Waals surface area (Å²) >= 11 is 0. The normalized spacial score (nSPS) is 21.1. The van der Waals surface area contributed by atoms with E-state index in [1.165, 1.54) is 12.8 Å². The highest BCUT2D eigenvalue weighted by Crippen LogP contribution is 2.46. The maximum atomic E-state index is 12.4. The number of benzene rings is 1. The molecule has 0 unspecified atom stereocenters. The summed E-state index contributed by atoms with van der Waals surface area (Å²) < 4.78 is 0. The van der Waals surface area contributed by atoms with Crippen LogP contribution in [0, 0.1) is 0 Å². The zero-order valence-electron chi connectivity index (χ0n) is 11.9. The number of hydrogen-bond acceptors (Lipinski definition) is 2. The number of hydrogen-bond donors (Lipinski definition) is 2. The zero-order chi connectivity index (χ0) is 14.0. The smallest absolute Gasteiger partial charge is 0.318 e. The van der Waals surface area contributed by atoms with Crippen molar-refractivity contribution >= 4 is 11.7 Å². The number of likely N-dealkylation sites (tertiary alicyclic amines) is 1. The van der Waals surface area contributed by atoms with E-state index in [1.54, 1.807) is 0 Å². The fourth-order valence-corrected chi connectivity index (χ4v) is 3.00. The molecule has 108 valence electrons. The molecule has 2 aliphatic rings. The lowest BCUT2D eigenvalue weighted by molar-refractivity contribution is 0.194. The van der Waals surface area contributed by atoms with Crippen LogP contribution in [0.5, 0.6) is 0 Å². The van der Waals surface area contributed by atoms with Crippen molar-refractivity contribution in [3.8, 4) is 0 Å². The fraction of sp³-hybridized carbons (Fsp3) is 0.562. The van der Waals surface area contributed by atoms with Crippen LogP contribution in [0.2, 0.25) is 0 Å². The second kappa shape index (κ2) is 5.35. The third-order valence-electron chi connectivity index (χ3n) is 4.43. The Labute approximate surface area is 120 Å². The van der Waals surface area contributed by atoms with Crippen molar-refractivity contribution < 1.29 is 4.79 Å². The van der Waals surface area contributed by atoms with Crippen LogP contribution in [-0.4, -0.2) is 24.0 Å². The van der Waals surface area contributed by atoms with Crippen LogP contribution >= 0.6 is 0 Å². The van der Waals surface area contributed by atoms with Gasteiger partial charge in [-0.2, -0.15) is 0 Å². The second-order valence-corrected chi connectivity index (χ2v) is 6.04. The molecule has 0 bridgehead atoms. The summed E-state index contributed by atoms with van der Waals surface area (Å²) in [6.07, 6.45) is 6.75. The maximum absolute atomic E-state index is 12.4. The molecule has 1 heterocycles. The quantitative estimate of drug-likeness (QED) is 0.814. The topological polar surface area (TPSA) is 58.4 Å². The van der Waals surface area contributed by atoms with Gasteiger partial charge in [-0.15, -0.1) is 0 Å². The first kappa shape index (κ1) is 13.3. The average Bonchev–Trinajstić information content (AvgIpc) is 3.22. The van der Waals surface area contributed by atoms with Gasteiger partial charge >= 0.3 is 6.03 Å². The number of rotatable bonds is 2. The summed E-state index contributed by atoms with van der Waals surface area (Å²) in [5, 5.41) is 3.24. The fourth-order valence-electron chi connectivity index (χ4n) is 3.00. The minimum atomic E-state index is -0.168. The van der Waals surface area contributed by atoms with E-state index in [2.05, 4.69) is 11.4 Å². The lowest BCUT2D eigenvalue weighted by Gasteiger charge is -2.25. The van der Waals surface area contributed by atoms with Crippen LogP contribution in [0.15, 0.2) is 24.3 Å². The summed E-state index contributed by atoms with van der Waals surface area (Å²) in [6.45, 7) is 1.78. The van der Waals surface area contributed by atoms with E-state index in [9.17, 15) is 4.79 Å². The highest BCUT2D eigenvalue weighted by atomic mass is 16.2. The minimum Gasteiger partial charge on any atom is -0.399 e. The summed E-state index contributed by atoms with van der Waals surface area (Å²) in [5.74, 6) is 0. The molecule has 1 saturated carbocycles. The van der Waals surface area contributed by atoms with Crippen molar-refractivity contribution in [2.45, 2.75) is 44.1 Å². The maximum Gasteiger partial charge on any atom is 0.318 e. The van der Waals surface area contributed by atoms with Gasteiger partial charge in [0.25, 0.3) is 0 Å². The molecule has 3 rings (SSSR count). The Balaban J connectivity index is 1.68. The number of nitrogens with zero attached hydrogens (tertiary/aromatic N) is 1. The van der Waals surface area contributed by atoms with Gasteiger partial charge in [0.1, 0.15) is 0 Å². The van der Waals surface area contributed by atoms with E-state index in [1.807, 2.05) is 23.1 Å². The predicted octanol–water partition coefficient (Wildman–Crippen LogP) is 2.84. The number of carbonyl (C=O) groups excluding carboxylic acids is 1. The predicted molar refractivity (Wildman–Crippen MR) is 80.3 cm³/mol. The number of amides is 2. The lowest BCUT2D eigenvalue weighted by atomic mass is 10.0. The molecular formula is C16H23N3O. The van der Waals surface area contributed by atoms with Gasteiger partial charge in [0.05, 0.1) is 5.54 Å². The Morgan fingerprint density at radius 3 is 2.45 bits per heavy atom. The average molecular weight is 273 g/mol. The standard InChI is InChI=1S/C16H23N3O/c17-14-7-5-6-13(12-14)16(8-9-16)18-15(20)19-10-3-1-2-4-11-19/h5-7,12H,1-4,8-11,17H2,(H,18,20). The van der Waals surface area contributed by atoms with Gasteiger partial charge < -0.3 is 16.0 Å². The van der Waals surface area contributed by atoms with Crippen molar-refractivity contribution in [3.05, 3.63) is 29.8 Å². The van der Waals surface area contributed by atoms with Gasteiger partial charge in [0, 0.05) is 18.8 Å². The molecule has 0 radical (unpaired) electrons. The van der Waals surface area contributed by atoms with E-state index in [0.717, 1.165) is 50.0 Å². The summed E-state index contributed by atoms with van der Waals surface area (Å²) in [5.41, 5.74) is 7.59. The SMILES string of the molecule is Nc1cccc(C2(NC(=O)N3CCCCCC3)CC2)c1. The first-order valence-electron chi connectivity index (χ1n) is 7.63. The van der Waals surface area contributed by atoms with E-state index < -0.39 is 0 Å². The van der Waals surface area contributed by atoms with E-state index in [0.29, 0.717) is 0 Å². The van der Waals surface area contributed by atoms with Crippen molar-refractivity contribution in [3.63, 3.8) is 0 Å². The van der Waals surface area contributed by atoms with Crippen LogP contribution in [-0.2, 0) is 5.54 Å². The summed E-state index contributed by atoms with van der Waals surface area (Å²) in [4.78, 5) is 14.4. The molecule has 1 saturated heterocycles. The monoisotopic (exact) mass is 273 g/mol. The largest absolute Gasteiger partial charge is 0.399 e. The molecule has 1 aliphatic heterocycles. The van der Waals surface area contributed by atoms with Crippen molar-refractivity contribution in [1.29, 1.82) is 0 Å². The van der Waals surface area contributed by atoms with Gasteiger partial charge in [-0.25, -0.2) is 4.79 Å². The molecule has 0 aromatic heterocycles. The molecule has 0 spiro atoms. The van der Waals surface area contributed by atoms with Gasteiger partial charge in [-0.05, 0) is 43.4 Å². The van der Waals surface area contributed by atoms with Gasteiger partial charge in [-0.3, -0.25) is 0 Å². The molecule has 0 atom stereocenters. The van der Waals surface area contributed by atoms with E-state index in [-0.39, 0.29) is 11.6 Å². The molecule has 20 heavy (non-hydrogen) atoms. The molecule has 3 N–H and O–H groups in total. The Morgan fingerprint density at radius 1 is 1.15 bits per heavy atom. The molecule has 2 fully saturated rings. The zero-order valence-corrected chi connectivity index (χ0v) is 11.9. The summed E-state index contributed by atoms with van der Waals surface area (Å²) in [6, 6.07) is 7.98. The van der Waals surface area contributed by atoms with Gasteiger partial charge in [0.15, 0.2) is 0 Å². The first-order chi connectivity index (χ1) is 9.70. The Hall–Kier alpha value is -1.71. The third kappa shape index (κ3) is 2.74. The minimum absolute atomic E-state index is 0.0897. The molecule has 4 heteroatoms. The van der Waals surface area contributed by atoms with E-state index >= 15 is 0 Å². The van der Waals surface area contributed by atoms with Gasteiger partial charge in [0.2, 0.25) is 0 Å². The molecule has 4 nitrogen and oxygen atoms in total. The molecule has 2 amide bonds. The number of nitrogens with one attached hydrogen (secondary N) is 1. The van der Waals surface area contributed by atoms with Crippen LogP contribution in [0.1, 0.15) is 44.1 Å². The number of carbonyl (C=O) groups is 1.